The summed E-state index contributed by atoms with van der Waals surface area (Å²) in [6, 6.07) is 2.15. The summed E-state index contributed by atoms with van der Waals surface area (Å²) in [4.78, 5) is 6.58. The van der Waals surface area contributed by atoms with Crippen molar-refractivity contribution in [1.29, 1.82) is 0 Å². The third kappa shape index (κ3) is 4.50. The molecule has 0 aromatic carbocycles. The number of H-pyrrole nitrogens is 2. The van der Waals surface area contributed by atoms with Gasteiger partial charge in [0, 0.05) is 46.2 Å². The molecule has 1 aliphatic heterocycles. The van der Waals surface area contributed by atoms with Crippen LogP contribution in [-0.4, -0.2) is 17.2 Å². The van der Waals surface area contributed by atoms with Crippen LogP contribution in [0, 0.1) is 16.5 Å². The largest absolute Gasteiger partial charge is 0.349 e. The second-order valence-electron chi connectivity index (χ2n) is 5.81. The van der Waals surface area contributed by atoms with Crippen molar-refractivity contribution in [3.8, 4) is 0 Å². The second-order valence-corrected chi connectivity index (χ2v) is 6.22. The van der Waals surface area contributed by atoms with Crippen LogP contribution < -0.4 is 0 Å². The van der Waals surface area contributed by atoms with Gasteiger partial charge in [-0.3, -0.25) is 0 Å². The summed E-state index contributed by atoms with van der Waals surface area (Å²) < 4.78 is 0.863. The van der Waals surface area contributed by atoms with E-state index in [2.05, 4.69) is 43.1 Å². The molecule has 3 heterocycles. The van der Waals surface area contributed by atoms with E-state index in [4.69, 9.17) is 12.2 Å². The quantitative estimate of drug-likeness (QED) is 0.360. The fourth-order valence-electron chi connectivity index (χ4n) is 3.44. The van der Waals surface area contributed by atoms with E-state index in [0.717, 1.165) is 16.6 Å². The summed E-state index contributed by atoms with van der Waals surface area (Å²) in [5.74, 6) is 4.16. The van der Waals surface area contributed by atoms with Crippen molar-refractivity contribution in [2.75, 3.05) is 0 Å². The maximum Gasteiger partial charge on any atom is 0.0974 e. The fraction of sp³-hybridized carbons (Fsp3) is 0.526. The van der Waals surface area contributed by atoms with Crippen LogP contribution in [0.1, 0.15) is 64.5 Å². The molecule has 2 nitrogen and oxygen atoms in total. The average Bonchev–Trinajstić information content (AvgIpc) is 3.04. The molecule has 126 valence electrons. The zero-order chi connectivity index (χ0) is 16.8. The minimum atomic E-state index is 0. The Morgan fingerprint density at radius 3 is 2.54 bits per heavy atom. The molecule has 0 unspecified atom stereocenters. The molecule has 0 saturated carbocycles. The van der Waals surface area contributed by atoms with Crippen LogP contribution in [-0.2, 0) is 39.0 Å². The maximum absolute atomic E-state index is 5.56. The number of aromatic nitrogens is 2. The second kappa shape index (κ2) is 10.7. The maximum atomic E-state index is 5.56. The van der Waals surface area contributed by atoms with E-state index in [9.17, 15) is 0 Å². The van der Waals surface area contributed by atoms with Crippen molar-refractivity contribution in [2.24, 2.45) is 5.92 Å². The molecular weight excluding hydrogens is 388 g/mol. The van der Waals surface area contributed by atoms with Crippen LogP contribution in [0.25, 0.3) is 16.6 Å². The van der Waals surface area contributed by atoms with Crippen LogP contribution >= 0.6 is 12.2 Å². The van der Waals surface area contributed by atoms with Gasteiger partial charge in [-0.1, -0.05) is 76.1 Å². The molecule has 0 amide bonds. The van der Waals surface area contributed by atoms with Gasteiger partial charge in [-0.25, -0.2) is 5.57 Å². The summed E-state index contributed by atoms with van der Waals surface area (Å²) in [5, 5.41) is 1.26. The molecule has 2 aromatic rings. The normalized spacial score (nSPS) is 12.6. The van der Waals surface area contributed by atoms with Crippen molar-refractivity contribution in [3.63, 3.8) is 0 Å². The first-order valence-corrected chi connectivity index (χ1v) is 9.34. The molecule has 0 bridgehead atoms. The van der Waals surface area contributed by atoms with Crippen molar-refractivity contribution in [2.45, 2.75) is 59.7 Å². The number of aromatic amines is 2. The zero-order valence-electron chi connectivity index (χ0n) is 15.3. The summed E-state index contributed by atoms with van der Waals surface area (Å²) >= 11 is 5.56. The minimum absolute atomic E-state index is 0. The molecule has 0 spiro atoms. The minimum Gasteiger partial charge on any atom is -0.349 e. The Labute approximate surface area is 177 Å². The van der Waals surface area contributed by atoms with Gasteiger partial charge in [0.25, 0.3) is 0 Å². The number of hydrogen-bond acceptors (Lipinski definition) is 1. The van der Waals surface area contributed by atoms with Crippen molar-refractivity contribution in [1.82, 2.24) is 9.97 Å². The number of hydrogen-bond donors (Lipinski definition) is 2. The third-order valence-electron chi connectivity index (χ3n) is 4.35. The predicted molar refractivity (Wildman–Crippen MR) is 104 cm³/mol. The van der Waals surface area contributed by atoms with Gasteiger partial charge < -0.3 is 15.9 Å². The number of nitrogens with one attached hydrogen (secondary N) is 2. The van der Waals surface area contributed by atoms with E-state index in [1.807, 2.05) is 20.0 Å². The standard InChI is InChI=1S/C17H21BN2S.C2H6.Y/c1-3-5-11(6-4-2)13-9-18-10-14-15(13)12-7-8-19-16(12)20-17(14)21;1-2;/h7-8,11H,3-6,10H2,1-2H3,(H2,19,20,21);1-2H3;/q-1;;. The molecule has 2 N–H and O–H groups in total. The van der Waals surface area contributed by atoms with E-state index in [1.165, 1.54) is 47.8 Å². The monoisotopic (exact) mass is 415 g/mol. The Balaban J connectivity index is 0.000000925. The van der Waals surface area contributed by atoms with Crippen LogP contribution in [0.2, 0.25) is 0 Å². The molecule has 2 aromatic heterocycles. The fourth-order valence-corrected chi connectivity index (χ4v) is 3.72. The van der Waals surface area contributed by atoms with E-state index >= 15 is 0 Å². The average molecular weight is 415 g/mol. The number of pyridine rings is 1. The molecule has 24 heavy (non-hydrogen) atoms. The zero-order valence-corrected chi connectivity index (χ0v) is 19.0. The van der Waals surface area contributed by atoms with Crippen molar-refractivity contribution in [3.05, 3.63) is 34.0 Å². The first-order valence-electron chi connectivity index (χ1n) is 8.93. The Kier molecular flexibility index (Phi) is 9.77. The Bertz CT molecular complexity index is 727. The van der Waals surface area contributed by atoms with E-state index in [0.29, 0.717) is 5.92 Å². The summed E-state index contributed by atoms with van der Waals surface area (Å²) in [5.41, 5.74) is 5.00. The smallest absolute Gasteiger partial charge is 0.0974 e. The molecule has 1 aliphatic rings. The molecule has 0 atom stereocenters. The van der Waals surface area contributed by atoms with Crippen molar-refractivity contribution < 1.29 is 32.7 Å². The van der Waals surface area contributed by atoms with Crippen LogP contribution in [0.15, 0.2) is 12.3 Å². The Morgan fingerprint density at radius 2 is 1.92 bits per heavy atom. The Morgan fingerprint density at radius 1 is 1.25 bits per heavy atom. The predicted octanol–water partition coefficient (Wildman–Crippen LogP) is 5.83. The number of rotatable bonds is 5. The summed E-state index contributed by atoms with van der Waals surface area (Å²) in [6.07, 6.45) is 7.74. The SMILES string of the molecule is CC.CCCC(CCC)C1=[C-][B]Cc2c1c1cc[nH]c1[nH]c2=S.[Y]. The topological polar surface area (TPSA) is 31.6 Å². The van der Waals surface area contributed by atoms with Gasteiger partial charge in [0.15, 0.2) is 0 Å². The summed E-state index contributed by atoms with van der Waals surface area (Å²) in [7, 11) is 2.15. The molecule has 5 heteroatoms. The van der Waals surface area contributed by atoms with E-state index in [1.54, 1.807) is 0 Å². The van der Waals surface area contributed by atoms with E-state index < -0.39 is 0 Å². The first-order chi connectivity index (χ1) is 11.3. The molecular formula is C19H27BN2SY-. The van der Waals surface area contributed by atoms with Gasteiger partial charge >= 0.3 is 0 Å². The van der Waals surface area contributed by atoms with Gasteiger partial charge in [-0.2, -0.15) is 5.56 Å². The van der Waals surface area contributed by atoms with Gasteiger partial charge in [-0.15, -0.1) is 0 Å². The number of allylic oxidation sites excluding steroid dienone is 1. The van der Waals surface area contributed by atoms with Crippen LogP contribution in [0.5, 0.6) is 0 Å². The molecule has 2 radical (unpaired) electrons. The van der Waals surface area contributed by atoms with Gasteiger partial charge in [-0.05, 0) is 18.8 Å². The molecule has 3 rings (SSSR count). The van der Waals surface area contributed by atoms with E-state index in [-0.39, 0.29) is 32.7 Å². The third-order valence-corrected chi connectivity index (χ3v) is 4.69. The summed E-state index contributed by atoms with van der Waals surface area (Å²) in [6.45, 7) is 8.53. The van der Waals surface area contributed by atoms with Crippen LogP contribution in [0.3, 0.4) is 0 Å². The molecule has 0 saturated heterocycles. The molecule has 0 fully saturated rings. The number of fused-ring (bicyclic) bond motifs is 3. The van der Waals surface area contributed by atoms with Gasteiger partial charge in [0.1, 0.15) is 0 Å². The van der Waals surface area contributed by atoms with Crippen molar-refractivity contribution >= 4 is 36.1 Å². The Hall–Kier alpha value is -0.181. The van der Waals surface area contributed by atoms with Crippen LogP contribution in [0.4, 0.5) is 0 Å². The van der Waals surface area contributed by atoms with Gasteiger partial charge in [0.05, 0.1) is 10.3 Å². The first kappa shape index (κ1) is 21.9. The van der Waals surface area contributed by atoms with Gasteiger partial charge in [0.2, 0.25) is 0 Å². The molecule has 0 aliphatic carbocycles.